The van der Waals surface area contributed by atoms with Gasteiger partial charge >= 0.3 is 0 Å². The maximum atomic E-state index is 5.97. The minimum absolute atomic E-state index is 0.429. The first kappa shape index (κ1) is 15.5. The van der Waals surface area contributed by atoms with Gasteiger partial charge in [0.05, 0.1) is 12.2 Å². The average molecular weight is 328 g/mol. The summed E-state index contributed by atoms with van der Waals surface area (Å²) in [6, 6.07) is 12.0. The minimum atomic E-state index is 0.429. The van der Waals surface area contributed by atoms with Gasteiger partial charge in [-0.25, -0.2) is 9.97 Å². The highest BCUT2D eigenvalue weighted by atomic mass is 35.5. The number of hydrogen-bond acceptors (Lipinski definition) is 4. The standard InChI is InChI=1S/C17H18ClN5/c1-11-7-12(2)23(22-11)10-14-5-4-6-15(8-14)21-17-9-16(18)19-13(3)20-17/h4-9H,10H2,1-3H3,(H,19,20,21). The molecule has 1 aromatic carbocycles. The van der Waals surface area contributed by atoms with Crippen molar-refractivity contribution < 1.29 is 0 Å². The van der Waals surface area contributed by atoms with E-state index in [2.05, 4.69) is 45.5 Å². The van der Waals surface area contributed by atoms with Gasteiger partial charge in [0.1, 0.15) is 16.8 Å². The molecular weight excluding hydrogens is 310 g/mol. The Balaban J connectivity index is 1.81. The lowest BCUT2D eigenvalue weighted by atomic mass is 10.2. The summed E-state index contributed by atoms with van der Waals surface area (Å²) in [6.07, 6.45) is 0. The van der Waals surface area contributed by atoms with Crippen LogP contribution in [-0.2, 0) is 6.54 Å². The van der Waals surface area contributed by atoms with E-state index >= 15 is 0 Å². The number of aryl methyl sites for hydroxylation is 3. The lowest BCUT2D eigenvalue weighted by Crippen LogP contribution is -2.04. The smallest absolute Gasteiger partial charge is 0.135 e. The average Bonchev–Trinajstić information content (AvgIpc) is 2.76. The van der Waals surface area contributed by atoms with Crippen molar-refractivity contribution in [2.75, 3.05) is 5.32 Å². The van der Waals surface area contributed by atoms with Gasteiger partial charge in [-0.05, 0) is 44.5 Å². The number of nitrogens with one attached hydrogen (secondary N) is 1. The molecule has 0 aliphatic heterocycles. The Morgan fingerprint density at radius 1 is 1.09 bits per heavy atom. The van der Waals surface area contributed by atoms with Crippen LogP contribution in [0.2, 0.25) is 5.15 Å². The molecule has 3 aromatic rings. The second-order valence-corrected chi connectivity index (χ2v) is 5.92. The van der Waals surface area contributed by atoms with Gasteiger partial charge in [0, 0.05) is 17.4 Å². The fourth-order valence-corrected chi connectivity index (χ4v) is 2.72. The minimum Gasteiger partial charge on any atom is -0.340 e. The van der Waals surface area contributed by atoms with Crippen LogP contribution in [0.15, 0.2) is 36.4 Å². The summed E-state index contributed by atoms with van der Waals surface area (Å²) in [7, 11) is 0. The number of anilines is 2. The molecule has 0 aliphatic rings. The predicted molar refractivity (Wildman–Crippen MR) is 92.3 cm³/mol. The number of aromatic nitrogens is 4. The van der Waals surface area contributed by atoms with Gasteiger partial charge in [-0.2, -0.15) is 5.10 Å². The fourth-order valence-electron chi connectivity index (χ4n) is 2.50. The molecule has 1 N–H and O–H groups in total. The first-order valence-corrected chi connectivity index (χ1v) is 7.75. The number of benzene rings is 1. The molecule has 0 unspecified atom stereocenters. The number of hydrogen-bond donors (Lipinski definition) is 1. The molecule has 118 valence electrons. The molecule has 0 atom stereocenters. The predicted octanol–water partition coefficient (Wildman–Crippen LogP) is 4.04. The van der Waals surface area contributed by atoms with Gasteiger partial charge in [0.2, 0.25) is 0 Å². The van der Waals surface area contributed by atoms with E-state index in [9.17, 15) is 0 Å². The van der Waals surface area contributed by atoms with Crippen LogP contribution in [0.3, 0.4) is 0 Å². The summed E-state index contributed by atoms with van der Waals surface area (Å²) in [5.41, 5.74) is 4.30. The van der Waals surface area contributed by atoms with Crippen LogP contribution < -0.4 is 5.32 Å². The SMILES string of the molecule is Cc1cc(C)n(Cc2cccc(Nc3cc(Cl)nc(C)n3)c2)n1. The second kappa shape index (κ2) is 6.38. The number of rotatable bonds is 4. The Kier molecular flexibility index (Phi) is 4.30. The Labute approximate surface area is 140 Å². The molecular formula is C17H18ClN5. The van der Waals surface area contributed by atoms with Crippen molar-refractivity contribution in [2.45, 2.75) is 27.3 Å². The van der Waals surface area contributed by atoms with E-state index in [4.69, 9.17) is 11.6 Å². The van der Waals surface area contributed by atoms with E-state index in [-0.39, 0.29) is 0 Å². The quantitative estimate of drug-likeness (QED) is 0.735. The molecule has 0 fully saturated rings. The van der Waals surface area contributed by atoms with Crippen LogP contribution >= 0.6 is 11.6 Å². The Bertz CT molecular complexity index is 821. The highest BCUT2D eigenvalue weighted by Crippen LogP contribution is 2.19. The molecule has 0 radical (unpaired) electrons. The molecule has 0 amide bonds. The summed E-state index contributed by atoms with van der Waals surface area (Å²) >= 11 is 5.97. The summed E-state index contributed by atoms with van der Waals surface area (Å²) in [5.74, 6) is 1.32. The molecule has 5 nitrogen and oxygen atoms in total. The van der Waals surface area contributed by atoms with Crippen molar-refractivity contribution in [3.63, 3.8) is 0 Å². The first-order chi connectivity index (χ1) is 11.0. The lowest BCUT2D eigenvalue weighted by molar-refractivity contribution is 0.659. The topological polar surface area (TPSA) is 55.6 Å². The van der Waals surface area contributed by atoms with Gasteiger partial charge in [0.15, 0.2) is 0 Å². The van der Waals surface area contributed by atoms with Crippen molar-refractivity contribution in [2.24, 2.45) is 0 Å². The zero-order valence-electron chi connectivity index (χ0n) is 13.3. The largest absolute Gasteiger partial charge is 0.340 e. The van der Waals surface area contributed by atoms with E-state index in [0.717, 1.165) is 29.2 Å². The van der Waals surface area contributed by atoms with Crippen LogP contribution in [-0.4, -0.2) is 19.7 Å². The molecule has 6 heteroatoms. The van der Waals surface area contributed by atoms with Crippen molar-refractivity contribution in [3.05, 3.63) is 64.3 Å². The summed E-state index contributed by atoms with van der Waals surface area (Å²) in [5, 5.41) is 8.20. The third-order valence-corrected chi connectivity index (χ3v) is 3.64. The molecule has 0 saturated carbocycles. The van der Waals surface area contributed by atoms with Gasteiger partial charge in [-0.1, -0.05) is 23.7 Å². The van der Waals surface area contributed by atoms with Crippen LogP contribution in [0, 0.1) is 20.8 Å². The highest BCUT2D eigenvalue weighted by molar-refractivity contribution is 6.29. The highest BCUT2D eigenvalue weighted by Gasteiger charge is 2.04. The monoisotopic (exact) mass is 327 g/mol. The molecule has 2 heterocycles. The van der Waals surface area contributed by atoms with Crippen molar-refractivity contribution in [3.8, 4) is 0 Å². The van der Waals surface area contributed by atoms with Gasteiger partial charge in [0.25, 0.3) is 0 Å². The van der Waals surface area contributed by atoms with E-state index in [1.165, 1.54) is 0 Å². The zero-order valence-corrected chi connectivity index (χ0v) is 14.1. The molecule has 23 heavy (non-hydrogen) atoms. The van der Waals surface area contributed by atoms with Crippen LogP contribution in [0.4, 0.5) is 11.5 Å². The van der Waals surface area contributed by atoms with Gasteiger partial charge in [-0.15, -0.1) is 0 Å². The maximum absolute atomic E-state index is 5.97. The second-order valence-electron chi connectivity index (χ2n) is 5.53. The van der Waals surface area contributed by atoms with Gasteiger partial charge in [-0.3, -0.25) is 4.68 Å². The number of halogens is 1. The Morgan fingerprint density at radius 2 is 1.91 bits per heavy atom. The molecule has 3 rings (SSSR count). The van der Waals surface area contributed by atoms with E-state index in [1.54, 1.807) is 6.07 Å². The van der Waals surface area contributed by atoms with E-state index < -0.39 is 0 Å². The van der Waals surface area contributed by atoms with Crippen molar-refractivity contribution in [1.29, 1.82) is 0 Å². The first-order valence-electron chi connectivity index (χ1n) is 7.38. The lowest BCUT2D eigenvalue weighted by Gasteiger charge is -2.09. The van der Waals surface area contributed by atoms with E-state index in [0.29, 0.717) is 16.8 Å². The van der Waals surface area contributed by atoms with Crippen LogP contribution in [0.5, 0.6) is 0 Å². The summed E-state index contributed by atoms with van der Waals surface area (Å²) < 4.78 is 2.00. The molecule has 0 spiro atoms. The Morgan fingerprint density at radius 3 is 2.61 bits per heavy atom. The van der Waals surface area contributed by atoms with Crippen LogP contribution in [0.25, 0.3) is 0 Å². The van der Waals surface area contributed by atoms with Crippen molar-refractivity contribution >= 4 is 23.1 Å². The fraction of sp³-hybridized carbons (Fsp3) is 0.235. The zero-order chi connectivity index (χ0) is 16.4. The molecule has 0 bridgehead atoms. The Hall–Kier alpha value is -2.40. The normalized spacial score (nSPS) is 10.8. The third-order valence-electron chi connectivity index (χ3n) is 3.44. The maximum Gasteiger partial charge on any atom is 0.135 e. The van der Waals surface area contributed by atoms with Crippen LogP contribution in [0.1, 0.15) is 22.8 Å². The van der Waals surface area contributed by atoms with E-state index in [1.807, 2.05) is 30.7 Å². The third kappa shape index (κ3) is 3.87. The molecule has 0 aliphatic carbocycles. The van der Waals surface area contributed by atoms with Gasteiger partial charge < -0.3 is 5.32 Å². The number of nitrogens with zero attached hydrogens (tertiary/aromatic N) is 4. The summed E-state index contributed by atoms with van der Waals surface area (Å²) in [4.78, 5) is 8.40. The molecule has 0 saturated heterocycles. The van der Waals surface area contributed by atoms with Crippen molar-refractivity contribution in [1.82, 2.24) is 19.7 Å². The molecule has 2 aromatic heterocycles. The summed E-state index contributed by atoms with van der Waals surface area (Å²) in [6.45, 7) is 6.62.